The molecule has 0 atom stereocenters. The van der Waals surface area contributed by atoms with Crippen molar-refractivity contribution >= 4 is 5.91 Å². The van der Waals surface area contributed by atoms with Gasteiger partial charge in [0.15, 0.2) is 0 Å². The van der Waals surface area contributed by atoms with Crippen molar-refractivity contribution in [3.05, 3.63) is 89.7 Å². The normalized spacial score (nSPS) is 10.6. The number of amides is 1. The summed E-state index contributed by atoms with van der Waals surface area (Å²) in [5, 5.41) is 11.1. The highest BCUT2D eigenvalue weighted by atomic mass is 16.4. The number of hydrogen-bond acceptors (Lipinski definition) is 5. The van der Waals surface area contributed by atoms with Crippen molar-refractivity contribution in [1.29, 1.82) is 0 Å². The van der Waals surface area contributed by atoms with E-state index < -0.39 is 0 Å². The highest BCUT2D eigenvalue weighted by Crippen LogP contribution is 2.24. The van der Waals surface area contributed by atoms with Crippen molar-refractivity contribution in [2.45, 2.75) is 13.5 Å². The Bertz CT molecular complexity index is 1090. The molecule has 2 heterocycles. The molecule has 0 saturated carbocycles. The summed E-state index contributed by atoms with van der Waals surface area (Å²) in [6, 6.07) is 18.7. The number of aryl methyl sites for hydroxylation is 1. The summed E-state index contributed by atoms with van der Waals surface area (Å²) < 4.78 is 5.79. The second-order valence-electron chi connectivity index (χ2n) is 6.40. The topological polar surface area (TPSA) is 80.9 Å². The fourth-order valence-electron chi connectivity index (χ4n) is 2.79. The lowest BCUT2D eigenvalue weighted by Gasteiger charge is -2.05. The van der Waals surface area contributed by atoms with Gasteiger partial charge in [-0.3, -0.25) is 9.78 Å². The minimum atomic E-state index is -0.151. The molecule has 2 aromatic heterocycles. The average molecular weight is 370 g/mol. The lowest BCUT2D eigenvalue weighted by Crippen LogP contribution is -2.22. The van der Waals surface area contributed by atoms with E-state index in [-0.39, 0.29) is 5.91 Å². The first-order valence-corrected chi connectivity index (χ1v) is 8.87. The van der Waals surface area contributed by atoms with Crippen LogP contribution in [0.15, 0.2) is 77.5 Å². The van der Waals surface area contributed by atoms with Gasteiger partial charge in [-0.1, -0.05) is 23.8 Å². The zero-order chi connectivity index (χ0) is 19.3. The van der Waals surface area contributed by atoms with Crippen molar-refractivity contribution in [3.63, 3.8) is 0 Å². The summed E-state index contributed by atoms with van der Waals surface area (Å²) in [6.45, 7) is 2.44. The molecule has 0 aliphatic rings. The molecule has 138 valence electrons. The quantitative estimate of drug-likeness (QED) is 0.573. The van der Waals surface area contributed by atoms with Crippen molar-refractivity contribution in [2.75, 3.05) is 0 Å². The van der Waals surface area contributed by atoms with E-state index in [0.717, 1.165) is 22.3 Å². The highest BCUT2D eigenvalue weighted by molar-refractivity contribution is 5.94. The monoisotopic (exact) mass is 370 g/mol. The molecule has 1 amide bonds. The summed E-state index contributed by atoms with van der Waals surface area (Å²) >= 11 is 0. The predicted molar refractivity (Wildman–Crippen MR) is 105 cm³/mol. The van der Waals surface area contributed by atoms with Crippen LogP contribution in [-0.2, 0) is 6.54 Å². The first-order chi connectivity index (χ1) is 13.7. The van der Waals surface area contributed by atoms with Gasteiger partial charge in [-0.05, 0) is 55.0 Å². The van der Waals surface area contributed by atoms with E-state index in [4.69, 9.17) is 4.42 Å². The van der Waals surface area contributed by atoms with Crippen LogP contribution in [0.4, 0.5) is 0 Å². The van der Waals surface area contributed by atoms with Gasteiger partial charge in [0.05, 0.1) is 0 Å². The molecule has 0 unspecified atom stereocenters. The van der Waals surface area contributed by atoms with E-state index in [1.807, 2.05) is 43.3 Å². The first-order valence-electron chi connectivity index (χ1n) is 8.87. The maximum atomic E-state index is 12.3. The number of pyridine rings is 1. The molecule has 4 aromatic rings. The molecule has 6 nitrogen and oxygen atoms in total. The lowest BCUT2D eigenvalue weighted by atomic mass is 10.1. The van der Waals surface area contributed by atoms with Gasteiger partial charge < -0.3 is 9.73 Å². The molecule has 0 saturated heterocycles. The molecule has 0 fully saturated rings. The van der Waals surface area contributed by atoms with E-state index in [2.05, 4.69) is 20.5 Å². The van der Waals surface area contributed by atoms with Crippen molar-refractivity contribution in [2.24, 2.45) is 0 Å². The third-order valence-corrected chi connectivity index (χ3v) is 4.26. The predicted octanol–water partition coefficient (Wildman–Crippen LogP) is 4.04. The Kier molecular flexibility index (Phi) is 4.93. The van der Waals surface area contributed by atoms with Gasteiger partial charge >= 0.3 is 0 Å². The molecular formula is C22H18N4O2. The fraction of sp³-hybridized carbons (Fsp3) is 0.0909. The minimum Gasteiger partial charge on any atom is -0.416 e. The van der Waals surface area contributed by atoms with Crippen molar-refractivity contribution in [1.82, 2.24) is 20.5 Å². The zero-order valence-corrected chi connectivity index (χ0v) is 15.3. The molecule has 28 heavy (non-hydrogen) atoms. The molecule has 4 rings (SSSR count). The standard InChI is InChI=1S/C22H18N4O2/c1-15-4-2-6-19(12-15)22-26-25-21(28-22)18-9-7-17(8-10-18)20(27)24-14-16-5-3-11-23-13-16/h2-13H,14H2,1H3,(H,24,27). The number of rotatable bonds is 5. The number of aromatic nitrogens is 3. The zero-order valence-electron chi connectivity index (χ0n) is 15.3. The average Bonchev–Trinajstić information content (AvgIpc) is 3.23. The summed E-state index contributed by atoms with van der Waals surface area (Å²) in [5.41, 5.74) is 4.27. The van der Waals surface area contributed by atoms with E-state index in [0.29, 0.717) is 23.9 Å². The van der Waals surface area contributed by atoms with Gasteiger partial charge in [0.1, 0.15) is 0 Å². The first kappa shape index (κ1) is 17.6. The maximum absolute atomic E-state index is 12.3. The molecule has 0 spiro atoms. The van der Waals surface area contributed by atoms with Crippen LogP contribution in [0.25, 0.3) is 22.9 Å². The van der Waals surface area contributed by atoms with Gasteiger partial charge in [0, 0.05) is 35.6 Å². The van der Waals surface area contributed by atoms with Gasteiger partial charge in [-0.2, -0.15) is 0 Å². The van der Waals surface area contributed by atoms with Gasteiger partial charge in [-0.25, -0.2) is 0 Å². The molecule has 6 heteroatoms. The fourth-order valence-corrected chi connectivity index (χ4v) is 2.79. The van der Waals surface area contributed by atoms with Crippen molar-refractivity contribution in [3.8, 4) is 22.9 Å². The van der Waals surface area contributed by atoms with Crippen LogP contribution in [-0.4, -0.2) is 21.1 Å². The van der Waals surface area contributed by atoms with E-state index in [1.165, 1.54) is 0 Å². The van der Waals surface area contributed by atoms with Crippen LogP contribution in [0.5, 0.6) is 0 Å². The van der Waals surface area contributed by atoms with Gasteiger partial charge in [0.25, 0.3) is 5.91 Å². The number of carbonyl (C=O) groups excluding carboxylic acids is 1. The van der Waals surface area contributed by atoms with Gasteiger partial charge in [0.2, 0.25) is 11.8 Å². The second-order valence-corrected chi connectivity index (χ2v) is 6.40. The number of benzene rings is 2. The number of nitrogens with zero attached hydrogens (tertiary/aromatic N) is 3. The number of hydrogen-bond donors (Lipinski definition) is 1. The van der Waals surface area contributed by atoms with Crippen LogP contribution in [0.1, 0.15) is 21.5 Å². The Morgan fingerprint density at radius 1 is 0.964 bits per heavy atom. The van der Waals surface area contributed by atoms with E-state index >= 15 is 0 Å². The van der Waals surface area contributed by atoms with E-state index in [1.54, 1.807) is 36.7 Å². The summed E-state index contributed by atoms with van der Waals surface area (Å²) in [7, 11) is 0. The Labute approximate surface area is 162 Å². The van der Waals surface area contributed by atoms with Crippen molar-refractivity contribution < 1.29 is 9.21 Å². The molecule has 0 aliphatic carbocycles. The number of nitrogens with one attached hydrogen (secondary N) is 1. The van der Waals surface area contributed by atoms with Crippen LogP contribution >= 0.6 is 0 Å². The maximum Gasteiger partial charge on any atom is 0.251 e. The summed E-state index contributed by atoms with van der Waals surface area (Å²) in [5.74, 6) is 0.734. The smallest absolute Gasteiger partial charge is 0.251 e. The Morgan fingerprint density at radius 3 is 2.46 bits per heavy atom. The Balaban J connectivity index is 1.45. The van der Waals surface area contributed by atoms with Gasteiger partial charge in [-0.15, -0.1) is 10.2 Å². The lowest BCUT2D eigenvalue weighted by molar-refractivity contribution is 0.0951. The third kappa shape index (κ3) is 3.96. The SMILES string of the molecule is Cc1cccc(-c2nnc(-c3ccc(C(=O)NCc4cccnc4)cc3)o2)c1. The van der Waals surface area contributed by atoms with Crippen LogP contribution in [0.2, 0.25) is 0 Å². The highest BCUT2D eigenvalue weighted by Gasteiger charge is 2.12. The van der Waals surface area contributed by atoms with Crippen LogP contribution in [0.3, 0.4) is 0 Å². The molecule has 0 radical (unpaired) electrons. The number of carbonyl (C=O) groups is 1. The molecular weight excluding hydrogens is 352 g/mol. The van der Waals surface area contributed by atoms with Crippen LogP contribution < -0.4 is 5.32 Å². The molecule has 1 N–H and O–H groups in total. The summed E-state index contributed by atoms with van der Waals surface area (Å²) in [4.78, 5) is 16.3. The molecule has 2 aromatic carbocycles. The minimum absolute atomic E-state index is 0.151. The Morgan fingerprint density at radius 2 is 1.75 bits per heavy atom. The van der Waals surface area contributed by atoms with E-state index in [9.17, 15) is 4.79 Å². The third-order valence-electron chi connectivity index (χ3n) is 4.26. The molecule has 0 aliphatic heterocycles. The largest absolute Gasteiger partial charge is 0.416 e. The molecule has 0 bridgehead atoms. The summed E-state index contributed by atoms with van der Waals surface area (Å²) in [6.07, 6.45) is 3.43. The second kappa shape index (κ2) is 7.84. The van der Waals surface area contributed by atoms with Crippen LogP contribution in [0, 0.1) is 6.92 Å². The Hall–Kier alpha value is -3.80.